The van der Waals surface area contributed by atoms with E-state index in [0.29, 0.717) is 30.5 Å². The molecule has 0 amide bonds. The van der Waals surface area contributed by atoms with Gasteiger partial charge in [-0.25, -0.2) is 0 Å². The Morgan fingerprint density at radius 1 is 1.39 bits per heavy atom. The third kappa shape index (κ3) is 2.02. The molecule has 0 radical (unpaired) electrons. The molecule has 4 rings (SSSR count). The minimum absolute atomic E-state index is 0.0112. The van der Waals surface area contributed by atoms with Gasteiger partial charge in [-0.3, -0.25) is 4.79 Å². The van der Waals surface area contributed by atoms with Crippen LogP contribution in [0.3, 0.4) is 0 Å². The van der Waals surface area contributed by atoms with Gasteiger partial charge >= 0.3 is 0 Å². The van der Waals surface area contributed by atoms with Gasteiger partial charge in [0.05, 0.1) is 0 Å². The number of hydrogen-bond donors (Lipinski definition) is 0. The standard InChI is InChI=1S/C14H22O3S/c1-3-5-9(15)7-10-11-8-14(6-4-2)17-12(11)16-13(10)18-14/h10-13H,3-8H2,1-2H3. The Balaban J connectivity index is 1.67. The molecule has 4 aliphatic rings. The quantitative estimate of drug-likeness (QED) is 0.741. The monoisotopic (exact) mass is 270 g/mol. The molecular formula is C14H22O3S. The summed E-state index contributed by atoms with van der Waals surface area (Å²) in [6.07, 6.45) is 5.68. The van der Waals surface area contributed by atoms with Crippen molar-refractivity contribution >= 4 is 17.5 Å². The van der Waals surface area contributed by atoms with Crippen molar-refractivity contribution in [2.24, 2.45) is 11.8 Å². The minimum atomic E-state index is -0.0257. The van der Waals surface area contributed by atoms with Gasteiger partial charge in [0.2, 0.25) is 0 Å². The lowest BCUT2D eigenvalue weighted by Gasteiger charge is -2.39. The number of carbonyl (C=O) groups excluding carboxylic acids is 1. The molecule has 4 heterocycles. The summed E-state index contributed by atoms with van der Waals surface area (Å²) in [5.74, 6) is 1.25. The van der Waals surface area contributed by atoms with Gasteiger partial charge in [0, 0.05) is 24.7 Å². The molecule has 3 nitrogen and oxygen atoms in total. The van der Waals surface area contributed by atoms with E-state index in [2.05, 4.69) is 13.8 Å². The first-order chi connectivity index (χ1) is 8.67. The number of thioether (sulfide) groups is 1. The Kier molecular flexibility index (Phi) is 3.45. The Labute approximate surface area is 113 Å². The van der Waals surface area contributed by atoms with Gasteiger partial charge in [-0.1, -0.05) is 32.0 Å². The Morgan fingerprint density at radius 2 is 2.22 bits per heavy atom. The number of hydrogen-bond acceptors (Lipinski definition) is 4. The predicted octanol–water partition coefficient (Wildman–Crippen LogP) is 3.32. The maximum atomic E-state index is 11.9. The van der Waals surface area contributed by atoms with Gasteiger partial charge < -0.3 is 9.47 Å². The van der Waals surface area contributed by atoms with Crippen molar-refractivity contribution in [3.05, 3.63) is 0 Å². The number of Topliss-reactive ketones (excluding diaryl/α,β-unsaturated/α-hetero) is 1. The van der Waals surface area contributed by atoms with Crippen molar-refractivity contribution in [2.45, 2.75) is 69.0 Å². The molecule has 0 saturated carbocycles. The average Bonchev–Trinajstić information content (AvgIpc) is 2.69. The number of ketones is 1. The van der Waals surface area contributed by atoms with Gasteiger partial charge in [-0.15, -0.1) is 0 Å². The fraction of sp³-hybridized carbons (Fsp3) is 0.929. The van der Waals surface area contributed by atoms with Gasteiger partial charge in [0.1, 0.15) is 16.2 Å². The Bertz CT molecular complexity index is 342. The summed E-state index contributed by atoms with van der Waals surface area (Å²) in [6, 6.07) is 0. The molecule has 4 heteroatoms. The van der Waals surface area contributed by atoms with Crippen LogP contribution in [0.2, 0.25) is 0 Å². The van der Waals surface area contributed by atoms with Crippen LogP contribution in [0, 0.1) is 11.8 Å². The van der Waals surface area contributed by atoms with Gasteiger partial charge in [0.25, 0.3) is 0 Å². The molecule has 4 fully saturated rings. The number of carbonyl (C=O) groups is 1. The van der Waals surface area contributed by atoms with Crippen LogP contribution in [-0.2, 0) is 14.3 Å². The van der Waals surface area contributed by atoms with Gasteiger partial charge in [-0.05, 0) is 19.3 Å². The molecule has 0 aliphatic carbocycles. The number of ether oxygens (including phenoxy) is 2. The third-order valence-electron chi connectivity index (χ3n) is 4.35. The molecule has 0 aromatic carbocycles. The Morgan fingerprint density at radius 3 is 2.89 bits per heavy atom. The van der Waals surface area contributed by atoms with Gasteiger partial charge in [0.15, 0.2) is 6.29 Å². The molecule has 4 aliphatic heterocycles. The summed E-state index contributed by atoms with van der Waals surface area (Å²) < 4.78 is 12.0. The summed E-state index contributed by atoms with van der Waals surface area (Å²) >= 11 is 1.84. The molecular weight excluding hydrogens is 248 g/mol. The Hall–Kier alpha value is -0.0600. The van der Waals surface area contributed by atoms with E-state index in [1.54, 1.807) is 0 Å². The van der Waals surface area contributed by atoms with E-state index in [4.69, 9.17) is 9.47 Å². The fourth-order valence-corrected chi connectivity index (χ4v) is 5.44. The van der Waals surface area contributed by atoms with E-state index < -0.39 is 0 Å². The molecule has 0 aromatic rings. The summed E-state index contributed by atoms with van der Waals surface area (Å²) in [5, 5.41) is 0. The molecule has 18 heavy (non-hydrogen) atoms. The van der Waals surface area contributed by atoms with E-state index in [9.17, 15) is 4.79 Å². The molecule has 102 valence electrons. The fourth-order valence-electron chi connectivity index (χ4n) is 3.61. The minimum Gasteiger partial charge on any atom is -0.338 e. The first kappa shape index (κ1) is 12.9. The van der Waals surface area contributed by atoms with E-state index >= 15 is 0 Å². The van der Waals surface area contributed by atoms with Crippen LogP contribution in [0.4, 0.5) is 0 Å². The van der Waals surface area contributed by atoms with Crippen LogP contribution in [0.25, 0.3) is 0 Å². The summed E-state index contributed by atoms with van der Waals surface area (Å²) in [6.45, 7) is 4.27. The van der Waals surface area contributed by atoms with Crippen molar-refractivity contribution in [1.82, 2.24) is 0 Å². The zero-order valence-electron chi connectivity index (χ0n) is 11.2. The normalized spacial score (nSPS) is 44.8. The smallest absolute Gasteiger partial charge is 0.164 e. The SMILES string of the molecule is CCCC(=O)CC1C2OC3OC(CCC)(CC31)S2. The highest BCUT2D eigenvalue weighted by molar-refractivity contribution is 8.01. The highest BCUT2D eigenvalue weighted by atomic mass is 32.2. The van der Waals surface area contributed by atoms with Crippen LogP contribution in [0.1, 0.15) is 52.4 Å². The largest absolute Gasteiger partial charge is 0.338 e. The molecule has 4 saturated heterocycles. The van der Waals surface area contributed by atoms with Crippen molar-refractivity contribution in [3.8, 4) is 0 Å². The number of rotatable bonds is 6. The molecule has 0 aromatic heterocycles. The zero-order chi connectivity index (χ0) is 12.8. The maximum Gasteiger partial charge on any atom is 0.164 e. The highest BCUT2D eigenvalue weighted by Gasteiger charge is 2.63. The average molecular weight is 270 g/mol. The van der Waals surface area contributed by atoms with Crippen LogP contribution >= 0.6 is 11.8 Å². The van der Waals surface area contributed by atoms with Crippen LogP contribution < -0.4 is 0 Å². The van der Waals surface area contributed by atoms with Gasteiger partial charge in [-0.2, -0.15) is 0 Å². The predicted molar refractivity (Wildman–Crippen MR) is 71.1 cm³/mol. The van der Waals surface area contributed by atoms with Crippen molar-refractivity contribution in [1.29, 1.82) is 0 Å². The second kappa shape index (κ2) is 4.80. The zero-order valence-corrected chi connectivity index (χ0v) is 12.0. The molecule has 4 bridgehead atoms. The maximum absolute atomic E-state index is 11.9. The van der Waals surface area contributed by atoms with E-state index in [1.807, 2.05) is 11.8 Å². The van der Waals surface area contributed by atoms with Crippen LogP contribution in [-0.4, -0.2) is 22.4 Å². The van der Waals surface area contributed by atoms with E-state index in [0.717, 1.165) is 25.7 Å². The molecule has 0 spiro atoms. The highest BCUT2D eigenvalue weighted by Crippen LogP contribution is 2.63. The molecule has 5 unspecified atom stereocenters. The molecule has 0 N–H and O–H groups in total. The lowest BCUT2D eigenvalue weighted by molar-refractivity contribution is -0.150. The van der Waals surface area contributed by atoms with E-state index in [-0.39, 0.29) is 16.7 Å². The van der Waals surface area contributed by atoms with Crippen molar-refractivity contribution < 1.29 is 14.3 Å². The summed E-state index contributed by atoms with van der Waals surface area (Å²) in [7, 11) is 0. The van der Waals surface area contributed by atoms with Crippen molar-refractivity contribution in [2.75, 3.05) is 0 Å². The van der Waals surface area contributed by atoms with Crippen LogP contribution in [0.15, 0.2) is 0 Å². The second-order valence-electron chi connectivity index (χ2n) is 5.79. The van der Waals surface area contributed by atoms with Crippen molar-refractivity contribution in [3.63, 3.8) is 0 Å². The van der Waals surface area contributed by atoms with E-state index in [1.165, 1.54) is 0 Å². The first-order valence-corrected chi connectivity index (χ1v) is 8.08. The van der Waals surface area contributed by atoms with Crippen LogP contribution in [0.5, 0.6) is 0 Å². The second-order valence-corrected chi connectivity index (χ2v) is 7.24. The molecule has 5 atom stereocenters. The lowest BCUT2D eigenvalue weighted by Crippen LogP contribution is -2.38. The first-order valence-electron chi connectivity index (χ1n) is 7.20. The lowest BCUT2D eigenvalue weighted by atomic mass is 9.85. The summed E-state index contributed by atoms with van der Waals surface area (Å²) in [4.78, 5) is 11.9. The topological polar surface area (TPSA) is 35.5 Å². The third-order valence-corrected chi connectivity index (χ3v) is 5.94. The summed E-state index contributed by atoms with van der Waals surface area (Å²) in [5.41, 5.74) is 0.204.